The van der Waals surface area contributed by atoms with Crippen molar-refractivity contribution in [1.82, 2.24) is 4.57 Å². The number of hydrogen-bond acceptors (Lipinski definition) is 5. The Morgan fingerprint density at radius 1 is 1.17 bits per heavy atom. The molecule has 0 saturated carbocycles. The summed E-state index contributed by atoms with van der Waals surface area (Å²) < 4.78 is 8.12. The average molecular weight is 469 g/mol. The summed E-state index contributed by atoms with van der Waals surface area (Å²) in [5.41, 5.74) is 2.50. The van der Waals surface area contributed by atoms with Crippen LogP contribution in [-0.4, -0.2) is 17.6 Å². The number of rotatable bonds is 3. The minimum absolute atomic E-state index is 0.181. The zero-order valence-corrected chi connectivity index (χ0v) is 18.2. The van der Waals surface area contributed by atoms with Crippen molar-refractivity contribution in [3.8, 4) is 0 Å². The fourth-order valence-corrected chi connectivity index (χ4v) is 4.66. The van der Waals surface area contributed by atoms with Gasteiger partial charge in [-0.05, 0) is 36.3 Å². The fraction of sp³-hybridized carbons (Fsp3) is 0.136. The van der Waals surface area contributed by atoms with Crippen molar-refractivity contribution in [3.63, 3.8) is 0 Å². The molecule has 0 saturated heterocycles. The normalized spacial score (nSPS) is 16.4. The highest BCUT2D eigenvalue weighted by atomic mass is 79.9. The van der Waals surface area contributed by atoms with Crippen molar-refractivity contribution in [3.05, 3.63) is 101 Å². The number of benzene rings is 2. The van der Waals surface area contributed by atoms with E-state index in [1.165, 1.54) is 18.4 Å². The molecule has 1 aliphatic rings. The maximum atomic E-state index is 13.3. The number of allylic oxidation sites excluding steroid dienone is 1. The zero-order chi connectivity index (χ0) is 20.5. The molecular weight excluding hydrogens is 452 g/mol. The lowest BCUT2D eigenvalue weighted by atomic mass is 9.96. The van der Waals surface area contributed by atoms with Crippen LogP contribution < -0.4 is 14.9 Å². The number of halogens is 1. The number of thiazole rings is 1. The Balaban J connectivity index is 1.97. The molecule has 2 aromatic carbocycles. The minimum atomic E-state index is -0.577. The lowest BCUT2D eigenvalue weighted by Gasteiger charge is -2.24. The average Bonchev–Trinajstić information content (AvgIpc) is 3.03. The predicted molar refractivity (Wildman–Crippen MR) is 116 cm³/mol. The second kappa shape index (κ2) is 7.93. The van der Waals surface area contributed by atoms with Crippen LogP contribution in [0, 0.1) is 0 Å². The molecule has 0 spiro atoms. The number of fused-ring (bicyclic) bond motifs is 1. The first kappa shape index (κ1) is 19.5. The molecule has 0 N–H and O–H groups in total. The van der Waals surface area contributed by atoms with Gasteiger partial charge in [0.15, 0.2) is 4.80 Å². The molecule has 2 heterocycles. The van der Waals surface area contributed by atoms with E-state index in [4.69, 9.17) is 4.74 Å². The Hall–Kier alpha value is -2.77. The Labute approximate surface area is 179 Å². The molecule has 5 nitrogen and oxygen atoms in total. The molecule has 146 valence electrons. The first-order valence-corrected chi connectivity index (χ1v) is 10.5. The van der Waals surface area contributed by atoms with Gasteiger partial charge in [-0.25, -0.2) is 9.79 Å². The lowest BCUT2D eigenvalue weighted by Crippen LogP contribution is -2.39. The summed E-state index contributed by atoms with van der Waals surface area (Å²) in [4.78, 5) is 31.0. The monoisotopic (exact) mass is 468 g/mol. The third-order valence-corrected chi connectivity index (χ3v) is 6.22. The van der Waals surface area contributed by atoms with Gasteiger partial charge < -0.3 is 4.74 Å². The smallest absolute Gasteiger partial charge is 0.338 e. The number of aromatic nitrogens is 1. The van der Waals surface area contributed by atoms with Gasteiger partial charge in [-0.3, -0.25) is 9.36 Å². The minimum Gasteiger partial charge on any atom is -0.466 e. The SMILES string of the molecule is COC(=O)C1=C(C)N=c2s/c(=C\c3ccc(Br)cc3)c(=O)n2[C@H]1c1ccccc1. The van der Waals surface area contributed by atoms with E-state index in [0.717, 1.165) is 15.6 Å². The second-order valence-electron chi connectivity index (χ2n) is 6.54. The molecule has 3 aromatic rings. The molecule has 4 rings (SSSR count). The van der Waals surface area contributed by atoms with Crippen LogP contribution in [0.5, 0.6) is 0 Å². The molecule has 0 fully saturated rings. The van der Waals surface area contributed by atoms with E-state index < -0.39 is 12.0 Å². The molecular formula is C22H17BrN2O3S. The molecule has 0 aliphatic carbocycles. The Morgan fingerprint density at radius 2 is 1.86 bits per heavy atom. The van der Waals surface area contributed by atoms with Crippen LogP contribution in [0.3, 0.4) is 0 Å². The number of methoxy groups -OCH3 is 1. The van der Waals surface area contributed by atoms with Gasteiger partial charge >= 0.3 is 5.97 Å². The largest absolute Gasteiger partial charge is 0.466 e. The Morgan fingerprint density at radius 3 is 2.52 bits per heavy atom. The number of ether oxygens (including phenoxy) is 1. The first-order chi connectivity index (χ1) is 14.0. The van der Waals surface area contributed by atoms with Gasteiger partial charge in [-0.2, -0.15) is 0 Å². The van der Waals surface area contributed by atoms with Crippen LogP contribution in [-0.2, 0) is 9.53 Å². The molecule has 0 radical (unpaired) electrons. The molecule has 0 bridgehead atoms. The number of carbonyl (C=O) groups excluding carboxylic acids is 1. The third-order valence-electron chi connectivity index (χ3n) is 4.71. The quantitative estimate of drug-likeness (QED) is 0.554. The van der Waals surface area contributed by atoms with Crippen molar-refractivity contribution >= 4 is 39.3 Å². The topological polar surface area (TPSA) is 60.7 Å². The van der Waals surface area contributed by atoms with Gasteiger partial charge in [0.2, 0.25) is 0 Å². The first-order valence-electron chi connectivity index (χ1n) is 8.91. The summed E-state index contributed by atoms with van der Waals surface area (Å²) in [6, 6.07) is 16.6. The molecule has 0 amide bonds. The van der Waals surface area contributed by atoms with E-state index >= 15 is 0 Å². The summed E-state index contributed by atoms with van der Waals surface area (Å²) in [6.07, 6.45) is 1.84. The van der Waals surface area contributed by atoms with Crippen molar-refractivity contribution in [2.45, 2.75) is 13.0 Å². The van der Waals surface area contributed by atoms with Crippen molar-refractivity contribution in [2.75, 3.05) is 7.11 Å². The van der Waals surface area contributed by atoms with Gasteiger partial charge in [0, 0.05) is 4.47 Å². The Kier molecular flexibility index (Phi) is 5.34. The highest BCUT2D eigenvalue weighted by Gasteiger charge is 2.32. The molecule has 1 atom stereocenters. The number of nitrogens with zero attached hydrogens (tertiary/aromatic N) is 2. The van der Waals surface area contributed by atoms with E-state index in [2.05, 4.69) is 20.9 Å². The van der Waals surface area contributed by atoms with Crippen molar-refractivity contribution in [1.29, 1.82) is 0 Å². The summed E-state index contributed by atoms with van der Waals surface area (Å²) in [5.74, 6) is -0.484. The molecule has 1 aliphatic heterocycles. The van der Waals surface area contributed by atoms with Gasteiger partial charge in [-0.15, -0.1) is 0 Å². The summed E-state index contributed by atoms with van der Waals surface area (Å²) in [5, 5.41) is 0. The summed E-state index contributed by atoms with van der Waals surface area (Å²) in [6.45, 7) is 1.77. The number of esters is 1. The number of hydrogen-bond donors (Lipinski definition) is 0. The summed E-state index contributed by atoms with van der Waals surface area (Å²) in [7, 11) is 1.34. The van der Waals surface area contributed by atoms with Crippen LogP contribution in [0.15, 0.2) is 80.1 Å². The van der Waals surface area contributed by atoms with E-state index in [1.807, 2.05) is 60.7 Å². The third kappa shape index (κ3) is 3.63. The van der Waals surface area contributed by atoms with Crippen molar-refractivity contribution < 1.29 is 9.53 Å². The van der Waals surface area contributed by atoms with Gasteiger partial charge in [0.05, 0.1) is 29.0 Å². The molecule has 29 heavy (non-hydrogen) atoms. The highest BCUT2D eigenvalue weighted by molar-refractivity contribution is 9.10. The van der Waals surface area contributed by atoms with Gasteiger partial charge in [0.1, 0.15) is 0 Å². The van der Waals surface area contributed by atoms with E-state index in [1.54, 1.807) is 11.5 Å². The zero-order valence-electron chi connectivity index (χ0n) is 15.8. The standard InChI is InChI=1S/C22H17BrN2O3S/c1-13-18(21(27)28-2)19(15-6-4-3-5-7-15)25-20(26)17(29-22(25)24-13)12-14-8-10-16(23)11-9-14/h3-12,19H,1-2H3/b17-12-/t19-/m0/s1. The van der Waals surface area contributed by atoms with Crippen LogP contribution >= 0.6 is 27.3 Å². The molecule has 0 unspecified atom stereocenters. The second-order valence-corrected chi connectivity index (χ2v) is 8.46. The Bertz CT molecular complexity index is 1290. The lowest BCUT2D eigenvalue weighted by molar-refractivity contribution is -0.136. The van der Waals surface area contributed by atoms with Crippen molar-refractivity contribution in [2.24, 2.45) is 4.99 Å². The fourth-order valence-electron chi connectivity index (χ4n) is 3.35. The number of carbonyl (C=O) groups is 1. The maximum absolute atomic E-state index is 13.3. The van der Waals surface area contributed by atoms with Crippen LogP contribution in [0.2, 0.25) is 0 Å². The molecule has 7 heteroatoms. The van der Waals surface area contributed by atoms with E-state index in [9.17, 15) is 9.59 Å². The van der Waals surface area contributed by atoms with Crippen LogP contribution in [0.1, 0.15) is 24.1 Å². The van der Waals surface area contributed by atoms with Gasteiger partial charge in [-0.1, -0.05) is 69.7 Å². The van der Waals surface area contributed by atoms with E-state index in [0.29, 0.717) is 20.6 Å². The van der Waals surface area contributed by atoms with Crippen LogP contribution in [0.25, 0.3) is 6.08 Å². The van der Waals surface area contributed by atoms with Crippen LogP contribution in [0.4, 0.5) is 0 Å². The van der Waals surface area contributed by atoms with Gasteiger partial charge in [0.25, 0.3) is 5.56 Å². The summed E-state index contributed by atoms with van der Waals surface area (Å²) >= 11 is 4.73. The maximum Gasteiger partial charge on any atom is 0.338 e. The molecule has 1 aromatic heterocycles. The van der Waals surface area contributed by atoms with E-state index in [-0.39, 0.29) is 5.56 Å². The highest BCUT2D eigenvalue weighted by Crippen LogP contribution is 2.30. The predicted octanol–water partition coefficient (Wildman–Crippen LogP) is 3.17.